The molecule has 2 saturated heterocycles. The second kappa shape index (κ2) is 3.45. The molecule has 0 aliphatic carbocycles. The predicted octanol–water partition coefficient (Wildman–Crippen LogP) is -1.00. The van der Waals surface area contributed by atoms with Crippen molar-refractivity contribution < 1.29 is 13.2 Å². The van der Waals surface area contributed by atoms with Gasteiger partial charge in [-0.25, -0.2) is 8.42 Å². The molecule has 2 heterocycles. The molecule has 5 nitrogen and oxygen atoms in total. The Morgan fingerprint density at radius 1 is 1.47 bits per heavy atom. The fraction of sp³-hybridized carbons (Fsp3) is 0.889. The molecule has 0 aromatic carbocycles. The third-order valence-corrected chi connectivity index (χ3v) is 5.11. The number of hydrogen-bond donors (Lipinski definition) is 1. The maximum Gasteiger partial charge on any atom is 0.237 e. The van der Waals surface area contributed by atoms with E-state index < -0.39 is 15.4 Å². The van der Waals surface area contributed by atoms with Gasteiger partial charge in [-0.1, -0.05) is 0 Å². The van der Waals surface area contributed by atoms with Crippen LogP contribution in [0.2, 0.25) is 0 Å². The van der Waals surface area contributed by atoms with E-state index in [4.69, 9.17) is 0 Å². The molecular formula is C9H16N2O3S. The van der Waals surface area contributed by atoms with E-state index in [0.717, 1.165) is 6.54 Å². The first-order chi connectivity index (χ1) is 6.93. The Labute approximate surface area is 89.7 Å². The minimum Gasteiger partial charge on any atom is -0.334 e. The quantitative estimate of drug-likeness (QED) is 0.629. The summed E-state index contributed by atoms with van der Waals surface area (Å²) in [6, 6.07) is 0. The van der Waals surface area contributed by atoms with Crippen LogP contribution in [0.25, 0.3) is 0 Å². The first kappa shape index (κ1) is 10.9. The number of piperazine rings is 1. The van der Waals surface area contributed by atoms with Gasteiger partial charge in [-0.2, -0.15) is 0 Å². The van der Waals surface area contributed by atoms with Crippen molar-refractivity contribution >= 4 is 15.7 Å². The Kier molecular flexibility index (Phi) is 2.50. The number of hydrogen-bond acceptors (Lipinski definition) is 4. The van der Waals surface area contributed by atoms with Gasteiger partial charge in [0.05, 0.1) is 23.6 Å². The van der Waals surface area contributed by atoms with Gasteiger partial charge in [0, 0.05) is 13.1 Å². The SMILES string of the molecule is CC1(N2CCNCC2=O)CCS(=O)(=O)C1. The molecule has 15 heavy (non-hydrogen) atoms. The minimum absolute atomic E-state index is 0.0147. The van der Waals surface area contributed by atoms with E-state index in [1.165, 1.54) is 0 Å². The average molecular weight is 232 g/mol. The smallest absolute Gasteiger partial charge is 0.237 e. The molecule has 1 unspecified atom stereocenters. The monoisotopic (exact) mass is 232 g/mol. The number of amides is 1. The van der Waals surface area contributed by atoms with Crippen LogP contribution in [0.1, 0.15) is 13.3 Å². The third kappa shape index (κ3) is 2.01. The molecule has 0 aromatic heterocycles. The number of carbonyl (C=O) groups excluding carboxylic acids is 1. The molecule has 2 rings (SSSR count). The van der Waals surface area contributed by atoms with Gasteiger partial charge in [0.2, 0.25) is 5.91 Å². The van der Waals surface area contributed by atoms with Crippen molar-refractivity contribution in [3.63, 3.8) is 0 Å². The largest absolute Gasteiger partial charge is 0.334 e. The van der Waals surface area contributed by atoms with Gasteiger partial charge >= 0.3 is 0 Å². The lowest BCUT2D eigenvalue weighted by molar-refractivity contribution is -0.137. The summed E-state index contributed by atoms with van der Waals surface area (Å²) in [4.78, 5) is 13.4. The number of rotatable bonds is 1. The number of carbonyl (C=O) groups is 1. The maximum atomic E-state index is 11.7. The summed E-state index contributed by atoms with van der Waals surface area (Å²) in [7, 11) is -2.94. The van der Waals surface area contributed by atoms with Crippen LogP contribution in [-0.2, 0) is 14.6 Å². The van der Waals surface area contributed by atoms with Crippen LogP contribution >= 0.6 is 0 Å². The summed E-state index contributed by atoms with van der Waals surface area (Å²) in [6.45, 7) is 3.57. The summed E-state index contributed by atoms with van der Waals surface area (Å²) in [6.07, 6.45) is 0.571. The lowest BCUT2D eigenvalue weighted by Crippen LogP contribution is -2.58. The summed E-state index contributed by atoms with van der Waals surface area (Å²) in [5.41, 5.74) is -0.474. The highest BCUT2D eigenvalue weighted by molar-refractivity contribution is 7.91. The topological polar surface area (TPSA) is 66.5 Å². The number of sulfone groups is 1. The lowest BCUT2D eigenvalue weighted by atomic mass is 9.98. The fourth-order valence-corrected chi connectivity index (χ4v) is 4.53. The highest BCUT2D eigenvalue weighted by Gasteiger charge is 2.45. The third-order valence-electron chi connectivity index (χ3n) is 3.22. The van der Waals surface area contributed by atoms with Crippen LogP contribution < -0.4 is 5.32 Å². The highest BCUT2D eigenvalue weighted by atomic mass is 32.2. The van der Waals surface area contributed by atoms with E-state index in [1.807, 2.05) is 6.92 Å². The van der Waals surface area contributed by atoms with Crippen LogP contribution in [0.5, 0.6) is 0 Å². The molecule has 0 bridgehead atoms. The van der Waals surface area contributed by atoms with Crippen molar-refractivity contribution in [2.75, 3.05) is 31.1 Å². The molecule has 86 valence electrons. The molecule has 0 radical (unpaired) electrons. The fourth-order valence-electron chi connectivity index (χ4n) is 2.38. The zero-order valence-corrected chi connectivity index (χ0v) is 9.64. The normalized spacial score (nSPS) is 35.8. The molecule has 0 spiro atoms. The molecule has 1 N–H and O–H groups in total. The Morgan fingerprint density at radius 2 is 2.20 bits per heavy atom. The van der Waals surface area contributed by atoms with E-state index in [-0.39, 0.29) is 17.4 Å². The molecule has 2 aliphatic rings. The van der Waals surface area contributed by atoms with Crippen molar-refractivity contribution in [2.45, 2.75) is 18.9 Å². The zero-order chi connectivity index (χ0) is 11.1. The second-order valence-electron chi connectivity index (χ2n) is 4.56. The summed E-state index contributed by atoms with van der Waals surface area (Å²) in [5.74, 6) is 0.341. The van der Waals surface area contributed by atoms with Gasteiger partial charge in [0.1, 0.15) is 0 Å². The summed E-state index contributed by atoms with van der Waals surface area (Å²) < 4.78 is 22.9. The van der Waals surface area contributed by atoms with Crippen LogP contribution in [0.15, 0.2) is 0 Å². The highest BCUT2D eigenvalue weighted by Crippen LogP contribution is 2.29. The average Bonchev–Trinajstić information content (AvgIpc) is 2.42. The van der Waals surface area contributed by atoms with Crippen LogP contribution in [0, 0.1) is 0 Å². The molecular weight excluding hydrogens is 216 g/mol. The van der Waals surface area contributed by atoms with E-state index in [9.17, 15) is 13.2 Å². The maximum absolute atomic E-state index is 11.7. The first-order valence-corrected chi connectivity index (χ1v) is 6.97. The standard InChI is InChI=1S/C9H16N2O3S/c1-9(2-5-15(13,14)7-9)11-4-3-10-6-8(11)12/h10H,2-7H2,1H3. The van der Waals surface area contributed by atoms with E-state index in [0.29, 0.717) is 19.5 Å². The zero-order valence-electron chi connectivity index (χ0n) is 8.82. The molecule has 2 aliphatic heterocycles. The molecule has 6 heteroatoms. The molecule has 2 fully saturated rings. The van der Waals surface area contributed by atoms with Crippen molar-refractivity contribution in [3.8, 4) is 0 Å². The molecule has 1 atom stereocenters. The van der Waals surface area contributed by atoms with Crippen molar-refractivity contribution in [3.05, 3.63) is 0 Å². The number of nitrogens with one attached hydrogen (secondary N) is 1. The Balaban J connectivity index is 2.19. The second-order valence-corrected chi connectivity index (χ2v) is 6.75. The molecule has 1 amide bonds. The van der Waals surface area contributed by atoms with Crippen molar-refractivity contribution in [1.82, 2.24) is 10.2 Å². The van der Waals surface area contributed by atoms with Crippen molar-refractivity contribution in [2.24, 2.45) is 0 Å². The van der Waals surface area contributed by atoms with Gasteiger partial charge in [0.25, 0.3) is 0 Å². The molecule has 0 aromatic rings. The van der Waals surface area contributed by atoms with Gasteiger partial charge in [-0.15, -0.1) is 0 Å². The van der Waals surface area contributed by atoms with E-state index in [2.05, 4.69) is 5.32 Å². The Hall–Kier alpha value is -0.620. The van der Waals surface area contributed by atoms with Crippen LogP contribution in [0.3, 0.4) is 0 Å². The van der Waals surface area contributed by atoms with Gasteiger partial charge < -0.3 is 10.2 Å². The Bertz CT molecular complexity index is 379. The molecule has 0 saturated carbocycles. The number of nitrogens with zero attached hydrogens (tertiary/aromatic N) is 1. The van der Waals surface area contributed by atoms with Crippen LogP contribution in [0.4, 0.5) is 0 Å². The van der Waals surface area contributed by atoms with Gasteiger partial charge in [0.15, 0.2) is 9.84 Å². The van der Waals surface area contributed by atoms with Crippen LogP contribution in [-0.4, -0.2) is 55.9 Å². The van der Waals surface area contributed by atoms with Crippen molar-refractivity contribution in [1.29, 1.82) is 0 Å². The summed E-state index contributed by atoms with van der Waals surface area (Å²) in [5, 5.41) is 2.99. The minimum atomic E-state index is -2.94. The first-order valence-electron chi connectivity index (χ1n) is 5.15. The van der Waals surface area contributed by atoms with E-state index in [1.54, 1.807) is 4.90 Å². The predicted molar refractivity (Wildman–Crippen MR) is 56.3 cm³/mol. The summed E-state index contributed by atoms with van der Waals surface area (Å²) >= 11 is 0. The lowest BCUT2D eigenvalue weighted by Gasteiger charge is -2.40. The van der Waals surface area contributed by atoms with Gasteiger partial charge in [-0.3, -0.25) is 4.79 Å². The van der Waals surface area contributed by atoms with E-state index >= 15 is 0 Å². The Morgan fingerprint density at radius 3 is 2.73 bits per heavy atom. The van der Waals surface area contributed by atoms with Gasteiger partial charge in [-0.05, 0) is 13.3 Å².